The molecule has 0 atom stereocenters. The number of anilines is 1. The van der Waals surface area contributed by atoms with Crippen LogP contribution in [-0.4, -0.2) is 14.3 Å². The van der Waals surface area contributed by atoms with Gasteiger partial charge in [-0.2, -0.15) is 0 Å². The lowest BCUT2D eigenvalue weighted by atomic mass is 10.1. The second-order valence-corrected chi connectivity index (χ2v) is 9.61. The Morgan fingerprint density at radius 2 is 1.70 bits per heavy atom. The highest BCUT2D eigenvalue weighted by atomic mass is 32.2. The van der Waals surface area contributed by atoms with Gasteiger partial charge in [0.1, 0.15) is 4.21 Å². The van der Waals surface area contributed by atoms with Crippen LogP contribution in [0.2, 0.25) is 0 Å². The summed E-state index contributed by atoms with van der Waals surface area (Å²) in [6.07, 6.45) is 0.800. The third kappa shape index (κ3) is 3.96. The van der Waals surface area contributed by atoms with Gasteiger partial charge in [-0.3, -0.25) is 4.79 Å². The first-order chi connectivity index (χ1) is 12.8. The van der Waals surface area contributed by atoms with E-state index in [-0.39, 0.29) is 15.0 Å². The maximum absolute atomic E-state index is 12.8. The summed E-state index contributed by atoms with van der Waals surface area (Å²) in [5.74, 6) is -0.297. The van der Waals surface area contributed by atoms with Crippen molar-refractivity contribution < 1.29 is 13.2 Å². The molecule has 2 aromatic carbocycles. The molecule has 1 N–H and O–H groups in total. The van der Waals surface area contributed by atoms with E-state index >= 15 is 0 Å². The minimum atomic E-state index is -3.62. The number of aryl methyl sites for hydroxylation is 3. The molecule has 4 nitrogen and oxygen atoms in total. The van der Waals surface area contributed by atoms with Gasteiger partial charge >= 0.3 is 0 Å². The summed E-state index contributed by atoms with van der Waals surface area (Å²) in [4.78, 5) is 13.3. The highest BCUT2D eigenvalue weighted by Gasteiger charge is 2.22. The van der Waals surface area contributed by atoms with Crippen molar-refractivity contribution in [3.63, 3.8) is 0 Å². The maximum atomic E-state index is 12.8. The zero-order valence-corrected chi connectivity index (χ0v) is 17.1. The number of para-hydroxylation sites is 1. The van der Waals surface area contributed by atoms with Crippen molar-refractivity contribution in [1.29, 1.82) is 0 Å². The summed E-state index contributed by atoms with van der Waals surface area (Å²) >= 11 is 0.986. The van der Waals surface area contributed by atoms with Gasteiger partial charge in [0, 0.05) is 5.69 Å². The Hall–Kier alpha value is -2.44. The zero-order valence-electron chi connectivity index (χ0n) is 15.4. The lowest BCUT2D eigenvalue weighted by Gasteiger charge is -2.12. The van der Waals surface area contributed by atoms with Gasteiger partial charge in [-0.1, -0.05) is 42.8 Å². The average Bonchev–Trinajstić information content (AvgIpc) is 3.15. The lowest BCUT2D eigenvalue weighted by molar-refractivity contribution is 0.103. The summed E-state index contributed by atoms with van der Waals surface area (Å²) in [5, 5.41) is 2.93. The van der Waals surface area contributed by atoms with E-state index in [2.05, 4.69) is 5.32 Å². The second kappa shape index (κ2) is 7.66. The Kier molecular flexibility index (Phi) is 5.48. The molecule has 3 rings (SSSR count). The smallest absolute Gasteiger partial charge is 0.265 e. The lowest BCUT2D eigenvalue weighted by Crippen LogP contribution is -2.12. The van der Waals surface area contributed by atoms with E-state index in [9.17, 15) is 13.2 Å². The molecular formula is C21H21NO3S2. The van der Waals surface area contributed by atoms with Crippen molar-refractivity contribution in [3.05, 3.63) is 76.2 Å². The SMILES string of the molecule is CCc1cccc(C)c1NC(=O)c1ccc(S(=O)(=O)c2ccc(C)cc2)s1. The molecule has 0 bridgehead atoms. The van der Waals surface area contributed by atoms with E-state index in [1.165, 1.54) is 6.07 Å². The van der Waals surface area contributed by atoms with E-state index in [1.54, 1.807) is 30.3 Å². The first-order valence-corrected chi connectivity index (χ1v) is 10.9. The van der Waals surface area contributed by atoms with E-state index in [0.717, 1.165) is 40.1 Å². The molecule has 0 aliphatic carbocycles. The van der Waals surface area contributed by atoms with Gasteiger partial charge in [-0.05, 0) is 55.7 Å². The minimum absolute atomic E-state index is 0.164. The first kappa shape index (κ1) is 19.3. The summed E-state index contributed by atoms with van der Waals surface area (Å²) < 4.78 is 25.7. The van der Waals surface area contributed by atoms with Crippen LogP contribution in [0.15, 0.2) is 63.7 Å². The predicted molar refractivity (Wildman–Crippen MR) is 109 cm³/mol. The third-order valence-corrected chi connectivity index (χ3v) is 7.73. The van der Waals surface area contributed by atoms with Crippen molar-refractivity contribution in [2.75, 3.05) is 5.32 Å². The quantitative estimate of drug-likeness (QED) is 0.656. The number of hydrogen-bond donors (Lipinski definition) is 1. The molecule has 0 unspecified atom stereocenters. The van der Waals surface area contributed by atoms with Crippen molar-refractivity contribution in [3.8, 4) is 0 Å². The number of sulfone groups is 1. The first-order valence-electron chi connectivity index (χ1n) is 8.64. The Balaban J connectivity index is 1.88. The molecule has 0 fully saturated rings. The minimum Gasteiger partial charge on any atom is -0.321 e. The largest absolute Gasteiger partial charge is 0.321 e. The van der Waals surface area contributed by atoms with E-state index in [4.69, 9.17) is 0 Å². The molecule has 6 heteroatoms. The van der Waals surface area contributed by atoms with Crippen LogP contribution in [0.3, 0.4) is 0 Å². The van der Waals surface area contributed by atoms with Crippen LogP contribution in [0.5, 0.6) is 0 Å². The summed E-state index contributed by atoms with van der Waals surface area (Å²) in [6.45, 7) is 5.87. The number of rotatable bonds is 5. The van der Waals surface area contributed by atoms with Gasteiger partial charge < -0.3 is 5.32 Å². The molecule has 1 amide bonds. The number of nitrogens with one attached hydrogen (secondary N) is 1. The highest BCUT2D eigenvalue weighted by molar-refractivity contribution is 7.93. The topological polar surface area (TPSA) is 63.2 Å². The molecule has 0 radical (unpaired) electrons. The van der Waals surface area contributed by atoms with E-state index < -0.39 is 9.84 Å². The number of thiophene rings is 1. The van der Waals surface area contributed by atoms with Crippen LogP contribution in [0, 0.1) is 13.8 Å². The van der Waals surface area contributed by atoms with Gasteiger partial charge in [0.05, 0.1) is 9.77 Å². The van der Waals surface area contributed by atoms with Gasteiger partial charge in [-0.25, -0.2) is 8.42 Å². The van der Waals surface area contributed by atoms with E-state index in [1.807, 2.05) is 39.0 Å². The number of amides is 1. The molecule has 140 valence electrons. The average molecular weight is 400 g/mol. The van der Waals surface area contributed by atoms with Gasteiger partial charge in [0.25, 0.3) is 5.91 Å². The molecule has 27 heavy (non-hydrogen) atoms. The molecule has 0 saturated carbocycles. The normalized spacial score (nSPS) is 11.4. The Bertz CT molecular complexity index is 1080. The monoisotopic (exact) mass is 399 g/mol. The number of carbonyl (C=O) groups is 1. The summed E-state index contributed by atoms with van der Waals surface area (Å²) in [6, 6.07) is 15.6. The summed E-state index contributed by atoms with van der Waals surface area (Å²) in [7, 11) is -3.62. The predicted octanol–water partition coefficient (Wildman–Crippen LogP) is 5.01. The summed E-state index contributed by atoms with van der Waals surface area (Å²) in [5.41, 5.74) is 3.81. The number of carbonyl (C=O) groups excluding carboxylic acids is 1. The molecule has 0 saturated heterocycles. The van der Waals surface area contributed by atoms with Crippen LogP contribution in [0.4, 0.5) is 5.69 Å². The molecule has 1 aromatic heterocycles. The van der Waals surface area contributed by atoms with Gasteiger partial charge in [0.15, 0.2) is 0 Å². The molecule has 3 aromatic rings. The Morgan fingerprint density at radius 3 is 2.37 bits per heavy atom. The fourth-order valence-corrected chi connectivity index (χ4v) is 5.40. The second-order valence-electron chi connectivity index (χ2n) is 6.35. The van der Waals surface area contributed by atoms with Crippen molar-refractivity contribution >= 4 is 32.8 Å². The van der Waals surface area contributed by atoms with Gasteiger partial charge in [0.2, 0.25) is 9.84 Å². The van der Waals surface area contributed by atoms with Crippen LogP contribution < -0.4 is 5.32 Å². The third-order valence-electron chi connectivity index (χ3n) is 4.38. The van der Waals surface area contributed by atoms with Crippen LogP contribution in [0.25, 0.3) is 0 Å². The van der Waals surface area contributed by atoms with Crippen LogP contribution in [0.1, 0.15) is 33.3 Å². The van der Waals surface area contributed by atoms with Crippen LogP contribution >= 0.6 is 11.3 Å². The fourth-order valence-electron chi connectivity index (χ4n) is 2.80. The van der Waals surface area contributed by atoms with Gasteiger partial charge in [-0.15, -0.1) is 11.3 Å². The van der Waals surface area contributed by atoms with E-state index in [0.29, 0.717) is 4.88 Å². The molecular weight excluding hydrogens is 378 g/mol. The maximum Gasteiger partial charge on any atom is 0.265 e. The van der Waals surface area contributed by atoms with Crippen molar-refractivity contribution in [1.82, 2.24) is 0 Å². The van der Waals surface area contributed by atoms with Crippen molar-refractivity contribution in [2.45, 2.75) is 36.3 Å². The molecule has 0 aliphatic heterocycles. The number of benzene rings is 2. The zero-order chi connectivity index (χ0) is 19.6. The Labute approximate surface area is 163 Å². The molecule has 1 heterocycles. The number of hydrogen-bond acceptors (Lipinski definition) is 4. The van der Waals surface area contributed by atoms with Crippen LogP contribution in [-0.2, 0) is 16.3 Å². The molecule has 0 spiro atoms. The fraction of sp³-hybridized carbons (Fsp3) is 0.190. The standard InChI is InChI=1S/C21H21NO3S2/c1-4-16-7-5-6-15(3)20(16)22-21(23)18-12-13-19(26-18)27(24,25)17-10-8-14(2)9-11-17/h5-13H,4H2,1-3H3,(H,22,23). The van der Waals surface area contributed by atoms with Crippen molar-refractivity contribution in [2.24, 2.45) is 0 Å². The Morgan fingerprint density at radius 1 is 1.00 bits per heavy atom. The molecule has 0 aliphatic rings. The highest BCUT2D eigenvalue weighted by Crippen LogP contribution is 2.29.